The van der Waals surface area contributed by atoms with Gasteiger partial charge in [-0.2, -0.15) is 5.10 Å². The third-order valence-corrected chi connectivity index (χ3v) is 3.02. The molecule has 0 atom stereocenters. The van der Waals surface area contributed by atoms with Gasteiger partial charge in [-0.1, -0.05) is 23.7 Å². The van der Waals surface area contributed by atoms with E-state index in [4.69, 9.17) is 16.7 Å². The van der Waals surface area contributed by atoms with Crippen LogP contribution in [0.5, 0.6) is 0 Å². The summed E-state index contributed by atoms with van der Waals surface area (Å²) < 4.78 is 15.1. The molecular weight excluding hydrogens is 259 g/mol. The van der Waals surface area contributed by atoms with Crippen LogP contribution in [0.2, 0.25) is 5.02 Å². The van der Waals surface area contributed by atoms with Crippen molar-refractivity contribution in [1.29, 1.82) is 0 Å². The van der Waals surface area contributed by atoms with Crippen LogP contribution in [-0.4, -0.2) is 20.9 Å². The molecule has 0 aliphatic heterocycles. The van der Waals surface area contributed by atoms with Crippen molar-refractivity contribution in [3.8, 4) is 11.3 Å². The monoisotopic (exact) mass is 268 g/mol. The lowest BCUT2D eigenvalue weighted by Gasteiger charge is -2.07. The van der Waals surface area contributed by atoms with Gasteiger partial charge in [-0.15, -0.1) is 0 Å². The molecule has 1 aromatic heterocycles. The second kappa shape index (κ2) is 4.42. The number of aromatic nitrogens is 2. The van der Waals surface area contributed by atoms with Gasteiger partial charge in [0.2, 0.25) is 0 Å². The summed E-state index contributed by atoms with van der Waals surface area (Å²) in [7, 11) is 1.58. The molecule has 2 aromatic rings. The summed E-state index contributed by atoms with van der Waals surface area (Å²) in [6.45, 7) is 1.61. The highest BCUT2D eigenvalue weighted by molar-refractivity contribution is 6.33. The van der Waals surface area contributed by atoms with Gasteiger partial charge in [0.15, 0.2) is 5.69 Å². The summed E-state index contributed by atoms with van der Waals surface area (Å²) in [6, 6.07) is 4.59. The number of hydrogen-bond acceptors (Lipinski definition) is 2. The molecule has 2 rings (SSSR count). The first-order chi connectivity index (χ1) is 8.41. The van der Waals surface area contributed by atoms with E-state index in [1.165, 1.54) is 10.7 Å². The molecule has 0 bridgehead atoms. The zero-order valence-corrected chi connectivity index (χ0v) is 10.5. The topological polar surface area (TPSA) is 55.1 Å². The first kappa shape index (κ1) is 12.6. The lowest BCUT2D eigenvalue weighted by molar-refractivity contribution is 0.0689. The highest BCUT2D eigenvalue weighted by Gasteiger charge is 2.17. The second-order valence-electron chi connectivity index (χ2n) is 3.90. The van der Waals surface area contributed by atoms with Crippen LogP contribution in [0.15, 0.2) is 18.2 Å². The molecule has 1 aromatic carbocycles. The Hall–Kier alpha value is -1.88. The van der Waals surface area contributed by atoms with Crippen molar-refractivity contribution in [2.24, 2.45) is 7.05 Å². The molecule has 0 aliphatic carbocycles. The van der Waals surface area contributed by atoms with Crippen molar-refractivity contribution in [3.63, 3.8) is 0 Å². The Labute approximate surface area is 108 Å². The maximum absolute atomic E-state index is 13.7. The average Bonchev–Trinajstić information content (AvgIpc) is 2.69. The summed E-state index contributed by atoms with van der Waals surface area (Å²) in [5, 5.41) is 12.6. The normalized spacial score (nSPS) is 10.7. The molecular formula is C12H10ClFN2O2. The number of aromatic carboxylic acids is 1. The number of aryl methyl sites for hydroxylation is 2. The third-order valence-electron chi connectivity index (χ3n) is 2.65. The van der Waals surface area contributed by atoms with Crippen molar-refractivity contribution in [2.45, 2.75) is 6.92 Å². The fraction of sp³-hybridized carbons (Fsp3) is 0.167. The van der Waals surface area contributed by atoms with Crippen molar-refractivity contribution in [1.82, 2.24) is 9.78 Å². The Balaban J connectivity index is 2.62. The highest BCUT2D eigenvalue weighted by atomic mass is 35.5. The molecule has 1 heterocycles. The Morgan fingerprint density at radius 3 is 2.72 bits per heavy atom. The number of benzene rings is 1. The van der Waals surface area contributed by atoms with Gasteiger partial charge >= 0.3 is 5.97 Å². The average molecular weight is 269 g/mol. The van der Waals surface area contributed by atoms with Gasteiger partial charge in [-0.3, -0.25) is 4.68 Å². The van der Waals surface area contributed by atoms with Crippen LogP contribution >= 0.6 is 11.6 Å². The summed E-state index contributed by atoms with van der Waals surface area (Å²) in [5.74, 6) is -1.65. The van der Waals surface area contributed by atoms with Crippen LogP contribution in [0.1, 0.15) is 16.1 Å². The molecule has 0 amide bonds. The molecule has 6 heteroatoms. The van der Waals surface area contributed by atoms with E-state index in [0.717, 1.165) is 0 Å². The first-order valence-electron chi connectivity index (χ1n) is 5.14. The molecule has 0 saturated heterocycles. The van der Waals surface area contributed by atoms with E-state index in [1.807, 2.05) is 0 Å². The van der Waals surface area contributed by atoms with Crippen molar-refractivity contribution in [2.75, 3.05) is 0 Å². The fourth-order valence-corrected chi connectivity index (χ4v) is 1.98. The maximum Gasteiger partial charge on any atom is 0.356 e. The quantitative estimate of drug-likeness (QED) is 0.911. The number of nitrogens with zero attached hydrogens (tertiary/aromatic N) is 2. The van der Waals surface area contributed by atoms with Gasteiger partial charge in [0.05, 0.1) is 10.7 Å². The number of rotatable bonds is 2. The van der Waals surface area contributed by atoms with E-state index in [2.05, 4.69) is 5.10 Å². The molecule has 4 nitrogen and oxygen atoms in total. The van der Waals surface area contributed by atoms with Crippen LogP contribution in [0, 0.1) is 12.7 Å². The van der Waals surface area contributed by atoms with E-state index < -0.39 is 11.8 Å². The molecule has 94 valence electrons. The van der Waals surface area contributed by atoms with Gasteiger partial charge in [-0.25, -0.2) is 9.18 Å². The van der Waals surface area contributed by atoms with Crippen molar-refractivity contribution in [3.05, 3.63) is 40.3 Å². The Kier molecular flexibility index (Phi) is 3.09. The SMILES string of the molecule is Cc1ccc(-c2cc(C(=O)O)nn2C)c(Cl)c1F. The standard InChI is InChI=1S/C12H10ClFN2O2/c1-6-3-4-7(10(13)11(6)14)9-5-8(12(17)18)15-16(9)2/h3-5H,1-2H3,(H,17,18). The molecule has 1 N–H and O–H groups in total. The van der Waals surface area contributed by atoms with Gasteiger partial charge in [0.1, 0.15) is 5.82 Å². The van der Waals surface area contributed by atoms with Gasteiger partial charge in [-0.05, 0) is 18.6 Å². The summed E-state index contributed by atoms with van der Waals surface area (Å²) >= 11 is 5.93. The first-order valence-corrected chi connectivity index (χ1v) is 5.52. The Morgan fingerprint density at radius 1 is 1.50 bits per heavy atom. The van der Waals surface area contributed by atoms with E-state index in [9.17, 15) is 9.18 Å². The number of carboxylic acid groups (broad SMARTS) is 1. The number of carbonyl (C=O) groups is 1. The minimum atomic E-state index is -1.14. The van der Waals surface area contributed by atoms with Crippen LogP contribution in [0.4, 0.5) is 4.39 Å². The van der Waals surface area contributed by atoms with Crippen LogP contribution in [0.25, 0.3) is 11.3 Å². The molecule has 18 heavy (non-hydrogen) atoms. The molecule has 0 spiro atoms. The van der Waals surface area contributed by atoms with Crippen LogP contribution in [0.3, 0.4) is 0 Å². The largest absolute Gasteiger partial charge is 0.476 e. The van der Waals surface area contributed by atoms with E-state index in [1.54, 1.807) is 26.1 Å². The van der Waals surface area contributed by atoms with Crippen molar-refractivity contribution >= 4 is 17.6 Å². The fourth-order valence-electron chi connectivity index (χ4n) is 1.67. The highest BCUT2D eigenvalue weighted by Crippen LogP contribution is 2.31. The lowest BCUT2D eigenvalue weighted by Crippen LogP contribution is -1.99. The smallest absolute Gasteiger partial charge is 0.356 e. The van der Waals surface area contributed by atoms with Crippen molar-refractivity contribution < 1.29 is 14.3 Å². The summed E-state index contributed by atoms with van der Waals surface area (Å²) in [4.78, 5) is 10.8. The van der Waals surface area contributed by atoms with E-state index in [0.29, 0.717) is 16.8 Å². The molecule has 0 fully saturated rings. The molecule has 0 radical (unpaired) electrons. The van der Waals surface area contributed by atoms with Crippen LogP contribution < -0.4 is 0 Å². The van der Waals surface area contributed by atoms with E-state index in [-0.39, 0.29) is 10.7 Å². The maximum atomic E-state index is 13.7. The minimum Gasteiger partial charge on any atom is -0.476 e. The summed E-state index contributed by atoms with van der Waals surface area (Å²) in [5.41, 5.74) is 1.20. The van der Waals surface area contributed by atoms with E-state index >= 15 is 0 Å². The zero-order chi connectivity index (χ0) is 13.4. The number of halogens is 2. The molecule has 0 unspecified atom stereocenters. The van der Waals surface area contributed by atoms with Gasteiger partial charge in [0, 0.05) is 12.6 Å². The van der Waals surface area contributed by atoms with Crippen LogP contribution in [-0.2, 0) is 7.05 Å². The summed E-state index contributed by atoms with van der Waals surface area (Å²) in [6.07, 6.45) is 0. The van der Waals surface area contributed by atoms with Gasteiger partial charge < -0.3 is 5.11 Å². The minimum absolute atomic E-state index is 0.0325. The molecule has 0 aliphatic rings. The zero-order valence-electron chi connectivity index (χ0n) is 9.74. The number of carboxylic acids is 1. The van der Waals surface area contributed by atoms with Gasteiger partial charge in [0.25, 0.3) is 0 Å². The lowest BCUT2D eigenvalue weighted by atomic mass is 10.1. The third kappa shape index (κ3) is 1.97. The second-order valence-corrected chi connectivity index (χ2v) is 4.28. The Bertz CT molecular complexity index is 637. The predicted molar refractivity (Wildman–Crippen MR) is 65.3 cm³/mol. The number of hydrogen-bond donors (Lipinski definition) is 1. The predicted octanol–water partition coefficient (Wildman–Crippen LogP) is 2.89. The molecule has 0 saturated carbocycles. The Morgan fingerprint density at radius 2 is 2.17 bits per heavy atom.